The molecule has 1 aromatic heterocycles. The summed E-state index contributed by atoms with van der Waals surface area (Å²) in [6.07, 6.45) is 1.93. The molecule has 0 radical (unpaired) electrons. The predicted molar refractivity (Wildman–Crippen MR) is 132 cm³/mol. The fourth-order valence-corrected chi connectivity index (χ4v) is 4.42. The number of nitrogens with zero attached hydrogens (tertiary/aromatic N) is 3. The Kier molecular flexibility index (Phi) is 7.19. The van der Waals surface area contributed by atoms with Gasteiger partial charge in [-0.1, -0.05) is 48.7 Å². The van der Waals surface area contributed by atoms with Crippen molar-refractivity contribution in [2.75, 3.05) is 13.1 Å². The van der Waals surface area contributed by atoms with Crippen molar-refractivity contribution in [3.8, 4) is 17.3 Å². The summed E-state index contributed by atoms with van der Waals surface area (Å²) in [4.78, 5) is 15.3. The number of rotatable bonds is 6. The van der Waals surface area contributed by atoms with Gasteiger partial charge in [0.2, 0.25) is 5.88 Å². The monoisotopic (exact) mass is 506 g/mol. The van der Waals surface area contributed by atoms with Crippen LogP contribution in [-0.2, 0) is 0 Å². The number of carbonyl (C=O) groups is 1. The normalized spacial score (nSPS) is 14.7. The number of benzene rings is 2. The first-order chi connectivity index (χ1) is 15.8. The van der Waals surface area contributed by atoms with E-state index in [4.69, 9.17) is 50.4 Å². The van der Waals surface area contributed by atoms with Gasteiger partial charge in [0.25, 0.3) is 5.91 Å². The summed E-state index contributed by atoms with van der Waals surface area (Å²) in [5.74, 6) is 0.734. The highest BCUT2D eigenvalue weighted by molar-refractivity contribution is 6.35. The van der Waals surface area contributed by atoms with Crippen LogP contribution in [0.4, 0.5) is 0 Å². The van der Waals surface area contributed by atoms with Gasteiger partial charge in [-0.2, -0.15) is 9.78 Å². The first kappa shape index (κ1) is 23.9. The molecule has 1 aliphatic heterocycles. The molecule has 1 fully saturated rings. The van der Waals surface area contributed by atoms with Crippen LogP contribution in [0.15, 0.2) is 42.5 Å². The SMILES string of the molecule is CC(C)C(N)c1c(C(=O)N2CCCC2)nn(-c2ccc(Cl)cc2Cl)c1Oc1ccc(Cl)cc1. The molecule has 2 N–H and O–H groups in total. The van der Waals surface area contributed by atoms with Gasteiger partial charge in [0.15, 0.2) is 5.69 Å². The molecule has 1 atom stereocenters. The number of nitrogens with two attached hydrogens (primary N) is 1. The Bertz CT molecular complexity index is 1160. The van der Waals surface area contributed by atoms with E-state index in [0.29, 0.717) is 51.0 Å². The standard InChI is InChI=1S/C24H25Cl3N4O2/c1-14(2)21(28)20-22(23(32)30-11-3-4-12-30)29-31(19-10-7-16(26)13-18(19)27)24(20)33-17-8-5-15(25)6-9-17/h5-10,13-14,21H,3-4,11-12,28H2,1-2H3. The summed E-state index contributed by atoms with van der Waals surface area (Å²) in [5, 5.41) is 6.14. The zero-order chi connectivity index (χ0) is 23.7. The Labute approximate surface area is 208 Å². The van der Waals surface area contributed by atoms with Crippen LogP contribution in [-0.4, -0.2) is 33.7 Å². The minimum atomic E-state index is -0.492. The molecule has 0 bridgehead atoms. The van der Waals surface area contributed by atoms with Crippen LogP contribution < -0.4 is 10.5 Å². The highest BCUT2D eigenvalue weighted by Crippen LogP contribution is 2.39. The van der Waals surface area contributed by atoms with Gasteiger partial charge in [-0.15, -0.1) is 0 Å². The van der Waals surface area contributed by atoms with Gasteiger partial charge in [0, 0.05) is 29.2 Å². The minimum Gasteiger partial charge on any atom is -0.439 e. The lowest BCUT2D eigenvalue weighted by Gasteiger charge is -2.20. The number of halogens is 3. The van der Waals surface area contributed by atoms with Gasteiger partial charge >= 0.3 is 0 Å². The maximum atomic E-state index is 13.5. The molecule has 174 valence electrons. The molecule has 33 heavy (non-hydrogen) atoms. The summed E-state index contributed by atoms with van der Waals surface area (Å²) in [6.45, 7) is 5.37. The van der Waals surface area contributed by atoms with E-state index in [9.17, 15) is 4.79 Å². The third kappa shape index (κ3) is 4.99. The molecule has 3 aromatic rings. The van der Waals surface area contributed by atoms with E-state index in [0.717, 1.165) is 12.8 Å². The molecular weight excluding hydrogens is 483 g/mol. The highest BCUT2D eigenvalue weighted by Gasteiger charge is 2.34. The number of aromatic nitrogens is 2. The second-order valence-corrected chi connectivity index (χ2v) is 9.68. The Balaban J connectivity index is 1.93. The number of amides is 1. The molecular formula is C24H25Cl3N4O2. The molecule has 0 saturated carbocycles. The third-order valence-corrected chi connectivity index (χ3v) is 6.48. The van der Waals surface area contributed by atoms with Gasteiger partial charge < -0.3 is 15.4 Å². The molecule has 0 spiro atoms. The lowest BCUT2D eigenvalue weighted by Crippen LogP contribution is -2.30. The van der Waals surface area contributed by atoms with Crippen LogP contribution in [0.2, 0.25) is 15.1 Å². The zero-order valence-electron chi connectivity index (χ0n) is 18.4. The van der Waals surface area contributed by atoms with Gasteiger partial charge in [0.05, 0.1) is 16.3 Å². The second kappa shape index (κ2) is 9.94. The van der Waals surface area contributed by atoms with Crippen LogP contribution in [0.5, 0.6) is 11.6 Å². The Hall–Kier alpha value is -2.25. The smallest absolute Gasteiger partial charge is 0.274 e. The quantitative estimate of drug-likeness (QED) is 0.412. The fourth-order valence-electron chi connectivity index (χ4n) is 3.81. The Morgan fingerprint density at radius 3 is 2.27 bits per heavy atom. The Morgan fingerprint density at radius 2 is 1.67 bits per heavy atom. The minimum absolute atomic E-state index is 0.0287. The average molecular weight is 508 g/mol. The summed E-state index contributed by atoms with van der Waals surface area (Å²) >= 11 is 18.7. The summed E-state index contributed by atoms with van der Waals surface area (Å²) < 4.78 is 7.84. The molecule has 0 aliphatic carbocycles. The van der Waals surface area contributed by atoms with Crippen molar-refractivity contribution < 1.29 is 9.53 Å². The van der Waals surface area contributed by atoms with Crippen molar-refractivity contribution in [2.24, 2.45) is 11.7 Å². The van der Waals surface area contributed by atoms with E-state index in [1.165, 1.54) is 4.68 Å². The Morgan fingerprint density at radius 1 is 1.03 bits per heavy atom. The maximum Gasteiger partial charge on any atom is 0.274 e. The van der Waals surface area contributed by atoms with Crippen molar-refractivity contribution in [1.82, 2.24) is 14.7 Å². The topological polar surface area (TPSA) is 73.4 Å². The molecule has 1 unspecified atom stereocenters. The zero-order valence-corrected chi connectivity index (χ0v) is 20.7. The maximum absolute atomic E-state index is 13.5. The van der Waals surface area contributed by atoms with Crippen LogP contribution in [0.1, 0.15) is 48.8 Å². The molecule has 1 aliphatic rings. The lowest BCUT2D eigenvalue weighted by atomic mass is 9.96. The second-order valence-electron chi connectivity index (χ2n) is 8.40. The number of carbonyl (C=O) groups excluding carboxylic acids is 1. The van der Waals surface area contributed by atoms with E-state index in [1.54, 1.807) is 47.4 Å². The van der Waals surface area contributed by atoms with Crippen LogP contribution in [0, 0.1) is 5.92 Å². The van der Waals surface area contributed by atoms with Crippen molar-refractivity contribution in [3.63, 3.8) is 0 Å². The van der Waals surface area contributed by atoms with Crippen molar-refractivity contribution >= 4 is 40.7 Å². The van der Waals surface area contributed by atoms with E-state index >= 15 is 0 Å². The lowest BCUT2D eigenvalue weighted by molar-refractivity contribution is 0.0784. The molecule has 2 heterocycles. The van der Waals surface area contributed by atoms with Crippen LogP contribution in [0.3, 0.4) is 0 Å². The molecule has 1 saturated heterocycles. The van der Waals surface area contributed by atoms with Crippen LogP contribution in [0.25, 0.3) is 5.69 Å². The number of ether oxygens (including phenoxy) is 1. The first-order valence-corrected chi connectivity index (χ1v) is 12.0. The van der Waals surface area contributed by atoms with E-state index in [1.807, 2.05) is 13.8 Å². The molecule has 2 aromatic carbocycles. The van der Waals surface area contributed by atoms with Crippen molar-refractivity contribution in [2.45, 2.75) is 32.7 Å². The highest BCUT2D eigenvalue weighted by atomic mass is 35.5. The number of hydrogen-bond donors (Lipinski definition) is 1. The van der Waals surface area contributed by atoms with E-state index in [2.05, 4.69) is 0 Å². The van der Waals surface area contributed by atoms with Gasteiger partial charge in [-0.25, -0.2) is 0 Å². The summed E-state index contributed by atoms with van der Waals surface area (Å²) in [5.41, 5.74) is 7.97. The summed E-state index contributed by atoms with van der Waals surface area (Å²) in [6, 6.07) is 11.5. The van der Waals surface area contributed by atoms with Gasteiger partial charge in [-0.3, -0.25) is 4.79 Å². The third-order valence-electron chi connectivity index (χ3n) is 5.69. The fraction of sp³-hybridized carbons (Fsp3) is 0.333. The average Bonchev–Trinajstić information content (AvgIpc) is 3.43. The van der Waals surface area contributed by atoms with Gasteiger partial charge in [0.1, 0.15) is 5.75 Å². The van der Waals surface area contributed by atoms with E-state index in [-0.39, 0.29) is 17.5 Å². The first-order valence-electron chi connectivity index (χ1n) is 10.8. The number of hydrogen-bond acceptors (Lipinski definition) is 4. The molecule has 4 rings (SSSR count). The molecule has 6 nitrogen and oxygen atoms in total. The largest absolute Gasteiger partial charge is 0.439 e. The van der Waals surface area contributed by atoms with E-state index < -0.39 is 6.04 Å². The van der Waals surface area contributed by atoms with Crippen LogP contribution >= 0.6 is 34.8 Å². The number of likely N-dealkylation sites (tertiary alicyclic amines) is 1. The molecule has 9 heteroatoms. The predicted octanol–water partition coefficient (Wildman–Crippen LogP) is 6.52. The van der Waals surface area contributed by atoms with Crippen molar-refractivity contribution in [1.29, 1.82) is 0 Å². The molecule has 1 amide bonds. The van der Waals surface area contributed by atoms with Gasteiger partial charge in [-0.05, 0) is 61.2 Å². The van der Waals surface area contributed by atoms with Crippen molar-refractivity contribution in [3.05, 3.63) is 68.8 Å². The summed E-state index contributed by atoms with van der Waals surface area (Å²) in [7, 11) is 0.